The van der Waals surface area contributed by atoms with Crippen molar-refractivity contribution in [2.24, 2.45) is 0 Å². The summed E-state index contributed by atoms with van der Waals surface area (Å²) < 4.78 is 1.07. The average molecular weight is 340 g/mol. The van der Waals surface area contributed by atoms with Crippen molar-refractivity contribution in [3.05, 3.63) is 33.2 Å². The van der Waals surface area contributed by atoms with Crippen LogP contribution in [0.25, 0.3) is 10.6 Å². The Hall–Kier alpha value is -0.780. The summed E-state index contributed by atoms with van der Waals surface area (Å²) in [6.07, 6.45) is 1.03. The van der Waals surface area contributed by atoms with E-state index >= 15 is 0 Å². The van der Waals surface area contributed by atoms with Gasteiger partial charge >= 0.3 is 0 Å². The highest BCUT2D eigenvalue weighted by Gasteiger charge is 2.15. The lowest BCUT2D eigenvalue weighted by Crippen LogP contribution is -2.19. The zero-order valence-corrected chi connectivity index (χ0v) is 13.8. The van der Waals surface area contributed by atoms with Crippen molar-refractivity contribution in [3.63, 3.8) is 0 Å². The highest BCUT2D eigenvalue weighted by molar-refractivity contribution is 9.10. The van der Waals surface area contributed by atoms with Crippen LogP contribution in [0.2, 0.25) is 0 Å². The lowest BCUT2D eigenvalue weighted by Gasteiger charge is -2.11. The molecule has 0 aliphatic rings. The number of rotatable bonds is 5. The van der Waals surface area contributed by atoms with E-state index < -0.39 is 0 Å². The summed E-state index contributed by atoms with van der Waals surface area (Å²) in [7, 11) is 0. The predicted octanol–water partition coefficient (Wildman–Crippen LogP) is 4.34. The number of nitrogens with one attached hydrogen (secondary N) is 1. The molecule has 19 heavy (non-hydrogen) atoms. The third-order valence-corrected chi connectivity index (χ3v) is 4.59. The Morgan fingerprint density at radius 1 is 1.32 bits per heavy atom. The Bertz CT molecular complexity index is 553. The second-order valence-electron chi connectivity index (χ2n) is 4.42. The predicted molar refractivity (Wildman–Crippen MR) is 84.5 cm³/mol. The van der Waals surface area contributed by atoms with E-state index in [0.29, 0.717) is 6.04 Å². The number of nitrogens with zero attached hydrogens (tertiary/aromatic N) is 2. The molecule has 1 heterocycles. The van der Waals surface area contributed by atoms with Crippen LogP contribution in [0.15, 0.2) is 22.7 Å². The van der Waals surface area contributed by atoms with Crippen molar-refractivity contribution in [1.82, 2.24) is 15.5 Å². The Labute approximate surface area is 126 Å². The minimum Gasteiger partial charge on any atom is -0.308 e. The lowest BCUT2D eigenvalue weighted by atomic mass is 10.1. The molecule has 0 fully saturated rings. The molecule has 0 saturated heterocycles. The molecule has 1 aromatic heterocycles. The van der Waals surface area contributed by atoms with E-state index in [4.69, 9.17) is 0 Å². The van der Waals surface area contributed by atoms with Gasteiger partial charge in [0.2, 0.25) is 0 Å². The zero-order chi connectivity index (χ0) is 13.8. The number of hydrogen-bond donors (Lipinski definition) is 1. The van der Waals surface area contributed by atoms with Gasteiger partial charge in [0.15, 0.2) is 0 Å². The van der Waals surface area contributed by atoms with Gasteiger partial charge in [-0.2, -0.15) is 0 Å². The monoisotopic (exact) mass is 339 g/mol. The maximum Gasteiger partial charge on any atom is 0.148 e. The summed E-state index contributed by atoms with van der Waals surface area (Å²) >= 11 is 5.19. The van der Waals surface area contributed by atoms with Gasteiger partial charge in [0.25, 0.3) is 0 Å². The van der Waals surface area contributed by atoms with Crippen LogP contribution in [-0.4, -0.2) is 16.7 Å². The van der Waals surface area contributed by atoms with Gasteiger partial charge in [-0.3, -0.25) is 0 Å². The van der Waals surface area contributed by atoms with Gasteiger partial charge in [-0.05, 0) is 37.6 Å². The first-order valence-electron chi connectivity index (χ1n) is 6.49. The van der Waals surface area contributed by atoms with Crippen molar-refractivity contribution < 1.29 is 0 Å². The molecular formula is C14H18BrN3S. The summed E-state index contributed by atoms with van der Waals surface area (Å²) in [5, 5.41) is 14.2. The SMILES string of the molecule is CCNC(CC)c1nnc(-c2cc(Br)ccc2C)s1. The van der Waals surface area contributed by atoms with E-state index in [0.717, 1.165) is 33.0 Å². The molecule has 1 N–H and O–H groups in total. The molecule has 0 saturated carbocycles. The first kappa shape index (κ1) is 14.6. The fraction of sp³-hybridized carbons (Fsp3) is 0.429. The maximum atomic E-state index is 4.35. The molecule has 0 spiro atoms. The average Bonchev–Trinajstić information content (AvgIpc) is 2.88. The van der Waals surface area contributed by atoms with E-state index in [1.165, 1.54) is 5.56 Å². The van der Waals surface area contributed by atoms with Crippen LogP contribution in [0.3, 0.4) is 0 Å². The van der Waals surface area contributed by atoms with Crippen LogP contribution in [0.1, 0.15) is 36.9 Å². The highest BCUT2D eigenvalue weighted by atomic mass is 79.9. The smallest absolute Gasteiger partial charge is 0.148 e. The molecule has 0 bridgehead atoms. The van der Waals surface area contributed by atoms with Crippen molar-refractivity contribution in [2.45, 2.75) is 33.2 Å². The Kier molecular flexibility index (Phi) is 5.07. The Morgan fingerprint density at radius 2 is 2.11 bits per heavy atom. The van der Waals surface area contributed by atoms with Crippen molar-refractivity contribution in [3.8, 4) is 10.6 Å². The van der Waals surface area contributed by atoms with E-state index in [9.17, 15) is 0 Å². The van der Waals surface area contributed by atoms with E-state index in [1.807, 2.05) is 6.07 Å². The molecule has 2 aromatic rings. The molecule has 102 valence electrons. The summed E-state index contributed by atoms with van der Waals surface area (Å²) in [6, 6.07) is 6.56. The second kappa shape index (κ2) is 6.59. The van der Waals surface area contributed by atoms with Crippen molar-refractivity contribution in [1.29, 1.82) is 0 Å². The first-order valence-corrected chi connectivity index (χ1v) is 8.10. The molecular weight excluding hydrogens is 322 g/mol. The van der Waals surface area contributed by atoms with E-state index in [2.05, 4.69) is 64.3 Å². The quantitative estimate of drug-likeness (QED) is 0.880. The largest absolute Gasteiger partial charge is 0.308 e. The number of benzene rings is 1. The molecule has 5 heteroatoms. The molecule has 1 atom stereocenters. The summed E-state index contributed by atoms with van der Waals surface area (Å²) in [5.74, 6) is 0. The third kappa shape index (κ3) is 3.41. The molecule has 1 aromatic carbocycles. The number of halogens is 1. The van der Waals surface area contributed by atoms with Crippen LogP contribution >= 0.6 is 27.3 Å². The first-order chi connectivity index (χ1) is 9.15. The van der Waals surface area contributed by atoms with Gasteiger partial charge in [-0.15, -0.1) is 10.2 Å². The maximum absolute atomic E-state index is 4.35. The summed E-state index contributed by atoms with van der Waals surface area (Å²) in [4.78, 5) is 0. The fourth-order valence-electron chi connectivity index (χ4n) is 1.96. The van der Waals surface area contributed by atoms with E-state index in [1.54, 1.807) is 11.3 Å². The minimum absolute atomic E-state index is 0.309. The number of hydrogen-bond acceptors (Lipinski definition) is 4. The normalized spacial score (nSPS) is 12.6. The fourth-order valence-corrected chi connectivity index (χ4v) is 3.41. The van der Waals surface area contributed by atoms with Crippen LogP contribution in [0, 0.1) is 6.92 Å². The van der Waals surface area contributed by atoms with Crippen LogP contribution in [0.5, 0.6) is 0 Å². The zero-order valence-electron chi connectivity index (χ0n) is 11.4. The number of aromatic nitrogens is 2. The van der Waals surface area contributed by atoms with Crippen LogP contribution in [-0.2, 0) is 0 Å². The second-order valence-corrected chi connectivity index (χ2v) is 6.35. The summed E-state index contributed by atoms with van der Waals surface area (Å²) in [6.45, 7) is 7.33. The molecule has 3 nitrogen and oxygen atoms in total. The summed E-state index contributed by atoms with van der Waals surface area (Å²) in [5.41, 5.74) is 2.38. The van der Waals surface area contributed by atoms with Gasteiger partial charge in [0.1, 0.15) is 10.0 Å². The van der Waals surface area contributed by atoms with Crippen LogP contribution < -0.4 is 5.32 Å². The molecule has 0 amide bonds. The highest BCUT2D eigenvalue weighted by Crippen LogP contribution is 2.31. The topological polar surface area (TPSA) is 37.8 Å². The van der Waals surface area contributed by atoms with Gasteiger partial charge in [-0.1, -0.05) is 47.2 Å². The van der Waals surface area contributed by atoms with E-state index in [-0.39, 0.29) is 0 Å². The van der Waals surface area contributed by atoms with Gasteiger partial charge in [-0.25, -0.2) is 0 Å². The van der Waals surface area contributed by atoms with Crippen molar-refractivity contribution >= 4 is 27.3 Å². The van der Waals surface area contributed by atoms with Gasteiger partial charge < -0.3 is 5.32 Å². The Balaban J connectivity index is 2.32. The molecule has 0 aliphatic heterocycles. The molecule has 0 aliphatic carbocycles. The number of aryl methyl sites for hydroxylation is 1. The molecule has 2 rings (SSSR count). The Morgan fingerprint density at radius 3 is 2.79 bits per heavy atom. The van der Waals surface area contributed by atoms with Crippen LogP contribution in [0.4, 0.5) is 0 Å². The third-order valence-electron chi connectivity index (χ3n) is 3.03. The van der Waals surface area contributed by atoms with Crippen molar-refractivity contribution in [2.75, 3.05) is 6.54 Å². The molecule has 0 radical (unpaired) electrons. The molecule has 1 unspecified atom stereocenters. The lowest BCUT2D eigenvalue weighted by molar-refractivity contribution is 0.531. The minimum atomic E-state index is 0.309. The van der Waals surface area contributed by atoms with Gasteiger partial charge in [0, 0.05) is 10.0 Å². The standard InChI is InChI=1S/C14H18BrN3S/c1-4-12(16-5-2)14-18-17-13(19-14)11-8-10(15)7-6-9(11)3/h6-8,12,16H,4-5H2,1-3H3. The van der Waals surface area contributed by atoms with Gasteiger partial charge in [0.05, 0.1) is 6.04 Å².